The van der Waals surface area contributed by atoms with Gasteiger partial charge in [-0.1, -0.05) is 23.9 Å². The number of thioether (sulfide) groups is 1. The van der Waals surface area contributed by atoms with Crippen molar-refractivity contribution in [1.82, 2.24) is 14.8 Å². The molecule has 0 unspecified atom stereocenters. The predicted octanol–water partition coefficient (Wildman–Crippen LogP) is 1.70. The Morgan fingerprint density at radius 2 is 2.50 bits per heavy atom. The molecule has 1 rings (SSSR count). The zero-order valence-electron chi connectivity index (χ0n) is 6.77. The van der Waals surface area contributed by atoms with Gasteiger partial charge in [0.2, 0.25) is 0 Å². The summed E-state index contributed by atoms with van der Waals surface area (Å²) in [4.78, 5) is 0. The Kier molecular flexibility index (Phi) is 4.18. The zero-order valence-corrected chi connectivity index (χ0v) is 8.35. The fourth-order valence-corrected chi connectivity index (χ4v) is 1.52. The number of nitrogens with zero attached hydrogens (tertiary/aromatic N) is 3. The van der Waals surface area contributed by atoms with Gasteiger partial charge in [-0.3, -0.25) is 0 Å². The average molecular weight is 204 g/mol. The monoisotopic (exact) mass is 203 g/mol. The maximum absolute atomic E-state index is 5.46. The molecule has 1 aromatic heterocycles. The summed E-state index contributed by atoms with van der Waals surface area (Å²) < 4.78 is 1.89. The minimum atomic E-state index is 0.569. The second kappa shape index (κ2) is 5.22. The van der Waals surface area contributed by atoms with Crippen molar-refractivity contribution in [3.8, 4) is 0 Å². The van der Waals surface area contributed by atoms with Crippen LogP contribution in [-0.2, 0) is 7.05 Å². The van der Waals surface area contributed by atoms with E-state index in [0.29, 0.717) is 5.88 Å². The number of hydrogen-bond acceptors (Lipinski definition) is 3. The number of aromatic nitrogens is 3. The standard InChI is InChI=1S/C7H10ClN3S/c1-11-6-9-10-7(11)12-5-3-2-4-8/h2-3,6H,4-5H2,1H3. The average Bonchev–Trinajstić information content (AvgIpc) is 2.46. The topological polar surface area (TPSA) is 30.7 Å². The molecule has 12 heavy (non-hydrogen) atoms. The molecule has 0 aliphatic rings. The van der Waals surface area contributed by atoms with Crippen LogP contribution in [0, 0.1) is 0 Å². The highest BCUT2D eigenvalue weighted by Gasteiger charge is 1.97. The molecule has 0 saturated heterocycles. The van der Waals surface area contributed by atoms with Crippen LogP contribution >= 0.6 is 23.4 Å². The molecule has 0 aliphatic heterocycles. The van der Waals surface area contributed by atoms with E-state index < -0.39 is 0 Å². The predicted molar refractivity (Wildman–Crippen MR) is 51.6 cm³/mol. The molecule has 0 amide bonds. The van der Waals surface area contributed by atoms with Crippen LogP contribution < -0.4 is 0 Å². The first-order chi connectivity index (χ1) is 5.84. The molecule has 0 aliphatic carbocycles. The molecule has 0 atom stereocenters. The molecule has 66 valence electrons. The van der Waals surface area contributed by atoms with Gasteiger partial charge in [-0.15, -0.1) is 21.8 Å². The first-order valence-electron chi connectivity index (χ1n) is 3.52. The molecule has 0 saturated carbocycles. The van der Waals surface area contributed by atoms with Gasteiger partial charge in [-0.25, -0.2) is 0 Å². The van der Waals surface area contributed by atoms with E-state index in [4.69, 9.17) is 11.6 Å². The summed E-state index contributed by atoms with van der Waals surface area (Å²) in [5.41, 5.74) is 0. The summed E-state index contributed by atoms with van der Waals surface area (Å²) in [6, 6.07) is 0. The maximum Gasteiger partial charge on any atom is 0.191 e. The third-order valence-corrected chi connectivity index (χ3v) is 2.40. The molecular formula is C7H10ClN3S. The summed E-state index contributed by atoms with van der Waals surface area (Å²) in [5, 5.41) is 8.61. The number of hydrogen-bond donors (Lipinski definition) is 0. The highest BCUT2D eigenvalue weighted by Crippen LogP contribution is 2.12. The summed E-state index contributed by atoms with van der Waals surface area (Å²) in [7, 11) is 1.92. The fraction of sp³-hybridized carbons (Fsp3) is 0.429. The second-order valence-corrected chi connectivity index (χ2v) is 3.46. The first kappa shape index (κ1) is 9.61. The Hall–Kier alpha value is -0.480. The van der Waals surface area contributed by atoms with Crippen molar-refractivity contribution in [3.63, 3.8) is 0 Å². The minimum Gasteiger partial charge on any atom is -0.312 e. The quantitative estimate of drug-likeness (QED) is 0.424. The van der Waals surface area contributed by atoms with Crippen LogP contribution in [-0.4, -0.2) is 26.4 Å². The Morgan fingerprint density at radius 3 is 3.08 bits per heavy atom. The van der Waals surface area contributed by atoms with E-state index in [2.05, 4.69) is 10.2 Å². The van der Waals surface area contributed by atoms with Crippen LogP contribution in [0.15, 0.2) is 23.6 Å². The van der Waals surface area contributed by atoms with E-state index in [1.165, 1.54) is 0 Å². The molecule has 0 radical (unpaired) electrons. The number of rotatable bonds is 4. The van der Waals surface area contributed by atoms with E-state index in [-0.39, 0.29) is 0 Å². The van der Waals surface area contributed by atoms with E-state index in [0.717, 1.165) is 10.9 Å². The normalized spacial score (nSPS) is 11.2. The minimum absolute atomic E-state index is 0.569. The smallest absolute Gasteiger partial charge is 0.191 e. The highest BCUT2D eigenvalue weighted by molar-refractivity contribution is 7.99. The van der Waals surface area contributed by atoms with Crippen molar-refractivity contribution >= 4 is 23.4 Å². The van der Waals surface area contributed by atoms with Gasteiger partial charge in [-0.05, 0) is 0 Å². The van der Waals surface area contributed by atoms with Crippen LogP contribution in [0.4, 0.5) is 0 Å². The van der Waals surface area contributed by atoms with E-state index in [1.54, 1.807) is 18.1 Å². The Morgan fingerprint density at radius 1 is 1.67 bits per heavy atom. The van der Waals surface area contributed by atoms with Crippen molar-refractivity contribution in [2.75, 3.05) is 11.6 Å². The van der Waals surface area contributed by atoms with Crippen molar-refractivity contribution < 1.29 is 0 Å². The Balaban J connectivity index is 2.33. The molecule has 0 fully saturated rings. The molecule has 0 N–H and O–H groups in total. The third kappa shape index (κ3) is 2.87. The van der Waals surface area contributed by atoms with E-state index in [9.17, 15) is 0 Å². The molecule has 0 bridgehead atoms. The van der Waals surface area contributed by atoms with Crippen molar-refractivity contribution in [2.24, 2.45) is 7.05 Å². The number of aryl methyl sites for hydroxylation is 1. The SMILES string of the molecule is Cn1cnnc1SCC=CCCl. The second-order valence-electron chi connectivity index (χ2n) is 2.16. The van der Waals surface area contributed by atoms with Crippen LogP contribution in [0.1, 0.15) is 0 Å². The highest BCUT2D eigenvalue weighted by atomic mass is 35.5. The van der Waals surface area contributed by atoms with Gasteiger partial charge in [0.15, 0.2) is 5.16 Å². The molecule has 5 heteroatoms. The lowest BCUT2D eigenvalue weighted by Crippen LogP contribution is -1.88. The van der Waals surface area contributed by atoms with E-state index in [1.807, 2.05) is 23.8 Å². The van der Waals surface area contributed by atoms with Gasteiger partial charge >= 0.3 is 0 Å². The van der Waals surface area contributed by atoms with Gasteiger partial charge in [0, 0.05) is 18.7 Å². The van der Waals surface area contributed by atoms with Gasteiger partial charge in [0.25, 0.3) is 0 Å². The molecule has 0 spiro atoms. The fourth-order valence-electron chi connectivity index (χ4n) is 0.657. The number of allylic oxidation sites excluding steroid dienone is 1. The molecule has 1 aromatic rings. The van der Waals surface area contributed by atoms with E-state index >= 15 is 0 Å². The lowest BCUT2D eigenvalue weighted by Gasteiger charge is -1.94. The lowest BCUT2D eigenvalue weighted by atomic mass is 10.6. The maximum atomic E-state index is 5.46. The number of alkyl halides is 1. The Labute approximate surface area is 80.8 Å². The summed E-state index contributed by atoms with van der Waals surface area (Å²) in [6.07, 6.45) is 5.63. The zero-order chi connectivity index (χ0) is 8.81. The van der Waals surface area contributed by atoms with Gasteiger partial charge < -0.3 is 4.57 Å². The number of halogens is 1. The van der Waals surface area contributed by atoms with Gasteiger partial charge in [0.05, 0.1) is 0 Å². The van der Waals surface area contributed by atoms with Crippen LogP contribution in [0.3, 0.4) is 0 Å². The summed E-state index contributed by atoms with van der Waals surface area (Å²) >= 11 is 7.10. The molecule has 3 nitrogen and oxygen atoms in total. The molecule has 0 aromatic carbocycles. The largest absolute Gasteiger partial charge is 0.312 e. The van der Waals surface area contributed by atoms with Crippen LogP contribution in [0.5, 0.6) is 0 Å². The van der Waals surface area contributed by atoms with Crippen molar-refractivity contribution in [3.05, 3.63) is 18.5 Å². The first-order valence-corrected chi connectivity index (χ1v) is 5.04. The summed E-state index contributed by atoms with van der Waals surface area (Å²) in [6.45, 7) is 0. The van der Waals surface area contributed by atoms with Gasteiger partial charge in [0.1, 0.15) is 6.33 Å². The molecular weight excluding hydrogens is 194 g/mol. The summed E-state index contributed by atoms with van der Waals surface area (Å²) in [5.74, 6) is 1.46. The lowest BCUT2D eigenvalue weighted by molar-refractivity contribution is 0.789. The van der Waals surface area contributed by atoms with Crippen molar-refractivity contribution in [2.45, 2.75) is 5.16 Å². The third-order valence-electron chi connectivity index (χ3n) is 1.23. The van der Waals surface area contributed by atoms with Crippen LogP contribution in [0.2, 0.25) is 0 Å². The molecule has 1 heterocycles. The van der Waals surface area contributed by atoms with Crippen LogP contribution in [0.25, 0.3) is 0 Å². The van der Waals surface area contributed by atoms with Crippen molar-refractivity contribution in [1.29, 1.82) is 0 Å². The Bertz CT molecular complexity index is 259. The van der Waals surface area contributed by atoms with Gasteiger partial charge in [-0.2, -0.15) is 0 Å².